The average molecular weight is 375 g/mol. The summed E-state index contributed by atoms with van der Waals surface area (Å²) in [7, 11) is 0. The number of esters is 1. The van der Waals surface area contributed by atoms with E-state index in [-0.39, 0.29) is 18.8 Å². The van der Waals surface area contributed by atoms with Crippen LogP contribution in [0.25, 0.3) is 4.96 Å². The standard InChI is InChI=1S/C17H17N3O5S/c1-2-23-10-14-19-20-15(21)8-12(18-17(20)26-14)9-25-16(22)11-24-13-6-4-3-5-7-13/h3-8H,2,9-11H2,1H3. The maximum Gasteiger partial charge on any atom is 0.344 e. The highest BCUT2D eigenvalue weighted by Gasteiger charge is 2.11. The van der Waals surface area contributed by atoms with Crippen LogP contribution in [0, 0.1) is 0 Å². The van der Waals surface area contributed by atoms with E-state index in [1.807, 2.05) is 25.1 Å². The van der Waals surface area contributed by atoms with Gasteiger partial charge in [-0.15, -0.1) is 0 Å². The molecule has 1 aromatic carbocycles. The van der Waals surface area contributed by atoms with Crippen LogP contribution in [0.15, 0.2) is 41.2 Å². The van der Waals surface area contributed by atoms with E-state index in [2.05, 4.69) is 10.1 Å². The van der Waals surface area contributed by atoms with Gasteiger partial charge in [0.05, 0.1) is 5.69 Å². The Balaban J connectivity index is 1.59. The summed E-state index contributed by atoms with van der Waals surface area (Å²) in [4.78, 5) is 28.6. The fraction of sp³-hybridized carbons (Fsp3) is 0.294. The summed E-state index contributed by atoms with van der Waals surface area (Å²) in [5.41, 5.74) is 0.0234. The van der Waals surface area contributed by atoms with E-state index in [1.54, 1.807) is 12.1 Å². The molecule has 0 aliphatic heterocycles. The number of rotatable bonds is 8. The number of benzene rings is 1. The minimum absolute atomic E-state index is 0.110. The molecule has 0 saturated carbocycles. The van der Waals surface area contributed by atoms with Crippen molar-refractivity contribution in [3.63, 3.8) is 0 Å². The third-order valence-corrected chi connectivity index (χ3v) is 4.13. The first-order valence-electron chi connectivity index (χ1n) is 7.95. The lowest BCUT2D eigenvalue weighted by Crippen LogP contribution is -2.18. The minimum atomic E-state index is -0.544. The number of hydrogen-bond donors (Lipinski definition) is 0. The van der Waals surface area contributed by atoms with Crippen molar-refractivity contribution in [1.82, 2.24) is 14.6 Å². The van der Waals surface area contributed by atoms with Crippen molar-refractivity contribution < 1.29 is 19.0 Å². The summed E-state index contributed by atoms with van der Waals surface area (Å²) in [6, 6.07) is 10.2. The Hall–Kier alpha value is -2.78. The van der Waals surface area contributed by atoms with E-state index < -0.39 is 5.97 Å². The van der Waals surface area contributed by atoms with E-state index in [0.29, 0.717) is 34.6 Å². The molecule has 0 unspecified atom stereocenters. The molecular formula is C17H17N3O5S. The Labute approximate surface area is 153 Å². The third kappa shape index (κ3) is 4.64. The number of aromatic nitrogens is 3. The molecule has 0 N–H and O–H groups in total. The topological polar surface area (TPSA) is 92.0 Å². The number of para-hydroxylation sites is 1. The molecule has 136 valence electrons. The van der Waals surface area contributed by atoms with Crippen molar-refractivity contribution in [2.45, 2.75) is 20.1 Å². The molecule has 2 heterocycles. The van der Waals surface area contributed by atoms with Crippen LogP contribution in [0.3, 0.4) is 0 Å². The van der Waals surface area contributed by atoms with Crippen LogP contribution < -0.4 is 10.3 Å². The van der Waals surface area contributed by atoms with Gasteiger partial charge in [0.15, 0.2) is 6.61 Å². The zero-order valence-electron chi connectivity index (χ0n) is 14.1. The van der Waals surface area contributed by atoms with Crippen LogP contribution in [0.4, 0.5) is 0 Å². The molecule has 3 rings (SSSR count). The molecule has 26 heavy (non-hydrogen) atoms. The van der Waals surface area contributed by atoms with Crippen LogP contribution >= 0.6 is 11.3 Å². The van der Waals surface area contributed by atoms with Crippen molar-refractivity contribution in [2.75, 3.05) is 13.2 Å². The fourth-order valence-electron chi connectivity index (χ4n) is 2.07. The van der Waals surface area contributed by atoms with Crippen molar-refractivity contribution >= 4 is 22.3 Å². The van der Waals surface area contributed by atoms with Crippen molar-refractivity contribution in [2.24, 2.45) is 0 Å². The summed E-state index contributed by atoms with van der Waals surface area (Å²) >= 11 is 1.26. The molecular weight excluding hydrogens is 358 g/mol. The van der Waals surface area contributed by atoms with Gasteiger partial charge in [-0.05, 0) is 19.1 Å². The second-order valence-corrected chi connectivity index (χ2v) is 6.22. The number of nitrogens with zero attached hydrogens (tertiary/aromatic N) is 3. The first-order valence-corrected chi connectivity index (χ1v) is 8.77. The van der Waals surface area contributed by atoms with Crippen molar-refractivity contribution in [3.8, 4) is 5.75 Å². The number of ether oxygens (including phenoxy) is 3. The molecule has 0 amide bonds. The van der Waals surface area contributed by atoms with Crippen LogP contribution in [0.2, 0.25) is 0 Å². The van der Waals surface area contributed by atoms with Gasteiger partial charge in [0, 0.05) is 12.7 Å². The summed E-state index contributed by atoms with van der Waals surface area (Å²) in [5, 5.41) is 4.81. The van der Waals surface area contributed by atoms with E-state index in [4.69, 9.17) is 14.2 Å². The number of carbonyl (C=O) groups excluding carboxylic acids is 1. The number of carbonyl (C=O) groups is 1. The Kier molecular flexibility index (Phi) is 5.92. The molecule has 0 aliphatic rings. The monoisotopic (exact) mass is 375 g/mol. The van der Waals surface area contributed by atoms with E-state index >= 15 is 0 Å². The smallest absolute Gasteiger partial charge is 0.344 e. The van der Waals surface area contributed by atoms with Crippen LogP contribution in [0.5, 0.6) is 5.75 Å². The van der Waals surface area contributed by atoms with Crippen LogP contribution in [0.1, 0.15) is 17.6 Å². The lowest BCUT2D eigenvalue weighted by molar-refractivity contribution is -0.147. The quantitative estimate of drug-likeness (QED) is 0.555. The van der Waals surface area contributed by atoms with Gasteiger partial charge in [-0.25, -0.2) is 9.78 Å². The fourth-order valence-corrected chi connectivity index (χ4v) is 2.93. The van der Waals surface area contributed by atoms with Gasteiger partial charge >= 0.3 is 5.97 Å². The Morgan fingerprint density at radius 2 is 2.04 bits per heavy atom. The maximum absolute atomic E-state index is 12.1. The van der Waals surface area contributed by atoms with Crippen molar-refractivity contribution in [1.29, 1.82) is 0 Å². The zero-order chi connectivity index (χ0) is 18.4. The second kappa shape index (κ2) is 8.54. The van der Waals surface area contributed by atoms with Crippen molar-refractivity contribution in [3.05, 3.63) is 57.5 Å². The molecule has 0 fully saturated rings. The predicted octanol–water partition coefficient (Wildman–Crippen LogP) is 1.81. The van der Waals surface area contributed by atoms with Crippen LogP contribution in [-0.2, 0) is 27.5 Å². The maximum atomic E-state index is 12.1. The van der Waals surface area contributed by atoms with Gasteiger partial charge in [0.2, 0.25) is 4.96 Å². The molecule has 0 aliphatic carbocycles. The van der Waals surface area contributed by atoms with E-state index in [0.717, 1.165) is 0 Å². The van der Waals surface area contributed by atoms with Gasteiger partial charge in [-0.3, -0.25) is 4.79 Å². The summed E-state index contributed by atoms with van der Waals surface area (Å²) in [5.74, 6) is 0.0333. The normalized spacial score (nSPS) is 10.8. The van der Waals surface area contributed by atoms with Gasteiger partial charge in [-0.1, -0.05) is 29.5 Å². The SMILES string of the molecule is CCOCc1nn2c(=O)cc(COC(=O)COc3ccccc3)nc2s1. The highest BCUT2D eigenvalue weighted by Crippen LogP contribution is 2.13. The molecule has 0 saturated heterocycles. The summed E-state index contributed by atoms with van der Waals surface area (Å²) < 4.78 is 16.9. The van der Waals surface area contributed by atoms with Crippen LogP contribution in [-0.4, -0.2) is 33.8 Å². The molecule has 0 spiro atoms. The van der Waals surface area contributed by atoms with Gasteiger partial charge in [0.25, 0.3) is 5.56 Å². The zero-order valence-corrected chi connectivity index (χ0v) is 14.9. The molecule has 0 atom stereocenters. The second-order valence-electron chi connectivity index (χ2n) is 5.18. The lowest BCUT2D eigenvalue weighted by Gasteiger charge is -2.06. The largest absolute Gasteiger partial charge is 0.482 e. The Morgan fingerprint density at radius 3 is 2.81 bits per heavy atom. The van der Waals surface area contributed by atoms with Gasteiger partial charge in [-0.2, -0.15) is 9.61 Å². The average Bonchev–Trinajstić information content (AvgIpc) is 3.07. The van der Waals surface area contributed by atoms with E-state index in [9.17, 15) is 9.59 Å². The highest BCUT2D eigenvalue weighted by molar-refractivity contribution is 7.16. The Bertz CT molecular complexity index is 938. The molecule has 0 radical (unpaired) electrons. The number of hydrogen-bond acceptors (Lipinski definition) is 8. The first kappa shape index (κ1) is 18.0. The molecule has 2 aromatic heterocycles. The summed E-state index contributed by atoms with van der Waals surface area (Å²) in [6.07, 6.45) is 0. The molecule has 9 heteroatoms. The first-order chi connectivity index (χ1) is 12.7. The third-order valence-electron chi connectivity index (χ3n) is 3.25. The minimum Gasteiger partial charge on any atom is -0.482 e. The highest BCUT2D eigenvalue weighted by atomic mass is 32.1. The number of fused-ring (bicyclic) bond motifs is 1. The predicted molar refractivity (Wildman–Crippen MR) is 94.2 cm³/mol. The Morgan fingerprint density at radius 1 is 1.23 bits per heavy atom. The molecule has 0 bridgehead atoms. The summed E-state index contributed by atoms with van der Waals surface area (Å²) in [6.45, 7) is 2.44. The van der Waals surface area contributed by atoms with E-state index in [1.165, 1.54) is 21.9 Å². The van der Waals surface area contributed by atoms with Gasteiger partial charge < -0.3 is 14.2 Å². The van der Waals surface area contributed by atoms with Gasteiger partial charge in [0.1, 0.15) is 24.0 Å². The molecule has 3 aromatic rings. The molecule has 8 nitrogen and oxygen atoms in total. The lowest BCUT2D eigenvalue weighted by atomic mass is 10.3.